The van der Waals surface area contributed by atoms with Gasteiger partial charge in [-0.15, -0.1) is 0 Å². The van der Waals surface area contributed by atoms with Crippen LogP contribution in [0.25, 0.3) is 0 Å². The van der Waals surface area contributed by atoms with Crippen LogP contribution >= 0.6 is 0 Å². The molecule has 4 nitrogen and oxygen atoms in total. The number of amidine groups is 1. The van der Waals surface area contributed by atoms with Gasteiger partial charge in [0.25, 0.3) is 0 Å². The number of nitrogens with one attached hydrogen (secondary N) is 2. The first kappa shape index (κ1) is 6.70. The number of pyridine rings is 1. The van der Waals surface area contributed by atoms with Crippen molar-refractivity contribution < 1.29 is 5.21 Å². The van der Waals surface area contributed by atoms with E-state index in [0.29, 0.717) is 5.56 Å². The Hall–Kier alpha value is -1.42. The van der Waals surface area contributed by atoms with Gasteiger partial charge in [-0.25, -0.2) is 0 Å². The van der Waals surface area contributed by atoms with Crippen molar-refractivity contribution in [3.05, 3.63) is 30.1 Å². The maximum Gasteiger partial charge on any atom is 0.150 e. The summed E-state index contributed by atoms with van der Waals surface area (Å²) in [4.78, 5) is 3.64. The highest BCUT2D eigenvalue weighted by Gasteiger charge is 1.95. The quantitative estimate of drug-likeness (QED) is 0.293. The van der Waals surface area contributed by atoms with Crippen LogP contribution in [0.2, 0.25) is 0 Å². The number of hydrogen-bond acceptors (Lipinski definition) is 3. The molecule has 0 spiro atoms. The maximum absolute atomic E-state index is 8.28. The fourth-order valence-corrected chi connectivity index (χ4v) is 0.532. The molecule has 51 valence electrons. The Kier molecular flexibility index (Phi) is 1.96. The fraction of sp³-hybridized carbons (Fsp3) is 0. The Balaban J connectivity index is 2.85. The van der Waals surface area contributed by atoms with Crippen LogP contribution in [0.15, 0.2) is 18.3 Å². The highest BCUT2D eigenvalue weighted by molar-refractivity contribution is 5.94. The molecule has 10 heavy (non-hydrogen) atoms. The van der Waals surface area contributed by atoms with Crippen LogP contribution in [0.1, 0.15) is 5.56 Å². The monoisotopic (exact) mass is 136 g/mol. The summed E-state index contributed by atoms with van der Waals surface area (Å²) in [5.41, 5.74) is 2.24. The first-order chi connectivity index (χ1) is 4.84. The fourth-order valence-electron chi connectivity index (χ4n) is 0.532. The van der Waals surface area contributed by atoms with Gasteiger partial charge >= 0.3 is 0 Å². The van der Waals surface area contributed by atoms with Crippen molar-refractivity contribution in [2.75, 3.05) is 0 Å². The van der Waals surface area contributed by atoms with Crippen molar-refractivity contribution in [1.82, 2.24) is 10.5 Å². The molecule has 0 unspecified atom stereocenters. The summed E-state index contributed by atoms with van der Waals surface area (Å²) in [6.07, 6.45) is 3.99. The molecular weight excluding hydrogens is 130 g/mol. The topological polar surface area (TPSA) is 69.0 Å². The first-order valence-corrected chi connectivity index (χ1v) is 2.65. The van der Waals surface area contributed by atoms with E-state index >= 15 is 0 Å². The van der Waals surface area contributed by atoms with E-state index in [1.807, 2.05) is 0 Å². The van der Waals surface area contributed by atoms with Gasteiger partial charge in [0.2, 0.25) is 0 Å². The molecule has 0 aromatic carbocycles. The van der Waals surface area contributed by atoms with E-state index in [9.17, 15) is 0 Å². The van der Waals surface area contributed by atoms with Gasteiger partial charge in [-0.2, -0.15) is 0 Å². The van der Waals surface area contributed by atoms with Gasteiger partial charge in [-0.05, 0) is 12.1 Å². The second kappa shape index (κ2) is 2.93. The number of hydroxylamine groups is 1. The molecule has 1 aromatic heterocycles. The average molecular weight is 136 g/mol. The van der Waals surface area contributed by atoms with E-state index in [0.717, 1.165) is 0 Å². The second-order valence-electron chi connectivity index (χ2n) is 1.66. The third-order valence-electron chi connectivity index (χ3n) is 1.02. The zero-order valence-electron chi connectivity index (χ0n) is 5.13. The van der Waals surface area contributed by atoms with Gasteiger partial charge in [0, 0.05) is 11.8 Å². The Morgan fingerprint density at radius 2 is 2.60 bits per heavy atom. The molecule has 1 rings (SSSR count). The maximum atomic E-state index is 8.28. The second-order valence-corrected chi connectivity index (χ2v) is 1.66. The summed E-state index contributed by atoms with van der Waals surface area (Å²) < 4.78 is 0. The number of nitrogens with zero attached hydrogens (tertiary/aromatic N) is 1. The van der Waals surface area contributed by atoms with E-state index in [1.54, 1.807) is 17.6 Å². The lowest BCUT2D eigenvalue weighted by Gasteiger charge is -1.97. The highest BCUT2D eigenvalue weighted by atomic mass is 16.5. The van der Waals surface area contributed by atoms with Gasteiger partial charge in [-0.1, -0.05) is 0 Å². The molecule has 4 heteroatoms. The minimum atomic E-state index is -0.0681. The third-order valence-corrected chi connectivity index (χ3v) is 1.02. The standard InChI is InChI=1S/C6H6N3O/c7-6(9-10)5-2-1-3-8-4-5/h1-2,4,10H,(H2,7,9). The minimum absolute atomic E-state index is 0.0681. The Morgan fingerprint density at radius 1 is 1.80 bits per heavy atom. The molecule has 0 bridgehead atoms. The molecule has 0 aliphatic rings. The van der Waals surface area contributed by atoms with Crippen molar-refractivity contribution in [3.63, 3.8) is 0 Å². The summed E-state index contributed by atoms with van der Waals surface area (Å²) in [6, 6.07) is 3.19. The molecule has 0 saturated carbocycles. The minimum Gasteiger partial charge on any atom is -0.290 e. The number of aromatic nitrogens is 1. The van der Waals surface area contributed by atoms with Crippen LogP contribution in [0.5, 0.6) is 0 Å². The van der Waals surface area contributed by atoms with Crippen LogP contribution < -0.4 is 5.48 Å². The summed E-state index contributed by atoms with van der Waals surface area (Å²) >= 11 is 0. The smallest absolute Gasteiger partial charge is 0.150 e. The molecule has 1 radical (unpaired) electrons. The largest absolute Gasteiger partial charge is 0.290 e. The Bertz CT molecular complexity index is 222. The summed E-state index contributed by atoms with van der Waals surface area (Å²) in [6.45, 7) is 0. The lowest BCUT2D eigenvalue weighted by atomic mass is 10.3. The van der Waals surface area contributed by atoms with E-state index in [1.165, 1.54) is 6.20 Å². The van der Waals surface area contributed by atoms with Gasteiger partial charge in [-0.3, -0.25) is 21.1 Å². The molecular formula is C6H6N3O. The molecule has 0 aliphatic carbocycles. The predicted octanol–water partition coefficient (Wildman–Crippen LogP) is 0.186. The van der Waals surface area contributed by atoms with Crippen molar-refractivity contribution in [1.29, 1.82) is 5.41 Å². The number of hydrogen-bond donors (Lipinski definition) is 3. The van der Waals surface area contributed by atoms with Crippen molar-refractivity contribution in [2.24, 2.45) is 0 Å². The molecule has 3 N–H and O–H groups in total. The van der Waals surface area contributed by atoms with Gasteiger partial charge in [0.15, 0.2) is 5.84 Å². The van der Waals surface area contributed by atoms with Crippen LogP contribution in [0.3, 0.4) is 0 Å². The van der Waals surface area contributed by atoms with Crippen molar-refractivity contribution >= 4 is 5.84 Å². The van der Waals surface area contributed by atoms with Gasteiger partial charge < -0.3 is 0 Å². The molecule has 0 saturated heterocycles. The third kappa shape index (κ3) is 1.29. The van der Waals surface area contributed by atoms with E-state index < -0.39 is 0 Å². The van der Waals surface area contributed by atoms with Crippen molar-refractivity contribution in [3.8, 4) is 0 Å². The molecule has 0 aliphatic heterocycles. The number of rotatable bonds is 1. The summed E-state index contributed by atoms with van der Waals surface area (Å²) in [5.74, 6) is -0.0681. The normalized spacial score (nSPS) is 8.90. The van der Waals surface area contributed by atoms with Crippen molar-refractivity contribution in [2.45, 2.75) is 0 Å². The molecule has 1 aromatic rings. The zero-order chi connectivity index (χ0) is 7.40. The lowest BCUT2D eigenvalue weighted by molar-refractivity contribution is 0.234. The highest BCUT2D eigenvalue weighted by Crippen LogP contribution is 1.92. The Labute approximate surface area is 58.0 Å². The lowest BCUT2D eigenvalue weighted by Crippen LogP contribution is -2.18. The summed E-state index contributed by atoms with van der Waals surface area (Å²) in [7, 11) is 0. The SMILES string of the molecule is N=C(NO)c1cc[c]nc1. The van der Waals surface area contributed by atoms with Crippen LogP contribution in [0, 0.1) is 11.6 Å². The van der Waals surface area contributed by atoms with Crippen LogP contribution in [-0.4, -0.2) is 16.0 Å². The zero-order valence-corrected chi connectivity index (χ0v) is 5.13. The average Bonchev–Trinajstić information content (AvgIpc) is 2.05. The first-order valence-electron chi connectivity index (χ1n) is 2.65. The van der Waals surface area contributed by atoms with E-state index in [4.69, 9.17) is 10.6 Å². The summed E-state index contributed by atoms with van der Waals surface area (Å²) in [5, 5.41) is 15.3. The van der Waals surface area contributed by atoms with Gasteiger partial charge in [0.1, 0.15) is 0 Å². The molecule has 0 amide bonds. The molecule has 0 fully saturated rings. The van der Waals surface area contributed by atoms with Gasteiger partial charge in [0.05, 0.1) is 6.20 Å². The predicted molar refractivity (Wildman–Crippen MR) is 34.8 cm³/mol. The van der Waals surface area contributed by atoms with E-state index in [-0.39, 0.29) is 5.84 Å². The molecule has 1 heterocycles. The van der Waals surface area contributed by atoms with Crippen LogP contribution in [0.4, 0.5) is 0 Å². The van der Waals surface area contributed by atoms with E-state index in [2.05, 4.69) is 11.2 Å². The Morgan fingerprint density at radius 3 is 3.10 bits per heavy atom. The molecule has 0 atom stereocenters. The van der Waals surface area contributed by atoms with Crippen LogP contribution in [-0.2, 0) is 0 Å².